The number of hydrogen-bond donors (Lipinski definition) is 17. The van der Waals surface area contributed by atoms with Crippen LogP contribution in [0.4, 0.5) is 0 Å². The monoisotopic (exact) mass is 993 g/mol. The van der Waals surface area contributed by atoms with Crippen LogP contribution in [0.15, 0.2) is 42.5 Å². The van der Waals surface area contributed by atoms with E-state index in [0.717, 1.165) is 42.5 Å². The van der Waals surface area contributed by atoms with Gasteiger partial charge in [-0.05, 0) is 47.5 Å². The number of aliphatic hydroxyl groups excluding tert-OH is 8. The van der Waals surface area contributed by atoms with Crippen molar-refractivity contribution in [2.45, 2.75) is 79.2 Å². The Morgan fingerprint density at radius 1 is 0.471 bits per heavy atom. The fraction of sp³-hybridized carbons (Fsp3) is 0.429. The van der Waals surface area contributed by atoms with Gasteiger partial charge < -0.3 is 111 Å². The molecule has 3 aromatic carbocycles. The second-order valence-corrected chi connectivity index (χ2v) is 16.0. The number of amides is 3. The number of hydrogen-bond acceptors (Lipinski definition) is 25. The number of carbonyl (C=O) groups is 6. The summed E-state index contributed by atoms with van der Waals surface area (Å²) in [4.78, 5) is 81.6. The number of para-hydroxylation sites is 1. The van der Waals surface area contributed by atoms with Gasteiger partial charge in [0.15, 0.2) is 52.6 Å². The lowest BCUT2D eigenvalue weighted by molar-refractivity contribution is -0.231. The first kappa shape index (κ1) is 52.3. The van der Waals surface area contributed by atoms with E-state index >= 15 is 0 Å². The lowest BCUT2D eigenvalue weighted by Gasteiger charge is -2.40. The summed E-state index contributed by atoms with van der Waals surface area (Å²) in [5, 5.41) is 151. The van der Waals surface area contributed by atoms with Crippen molar-refractivity contribution in [2.75, 3.05) is 33.0 Å². The van der Waals surface area contributed by atoms with E-state index in [9.17, 15) is 100 Å². The highest BCUT2D eigenvalue weighted by Gasteiger charge is 2.46. The molecule has 3 unspecified atom stereocenters. The predicted octanol–water partition coefficient (Wildman–Crippen LogP) is -5.71. The van der Waals surface area contributed by atoms with Crippen LogP contribution in [-0.4, -0.2) is 207 Å². The molecule has 3 aromatic rings. The maximum atomic E-state index is 13.8. The zero-order chi connectivity index (χ0) is 51.5. The number of aliphatic hydroxyl groups is 8. The molecule has 3 amide bonds. The van der Waals surface area contributed by atoms with Gasteiger partial charge in [-0.3, -0.25) is 14.4 Å². The summed E-state index contributed by atoms with van der Waals surface area (Å²) in [7, 11) is 0. The number of benzene rings is 3. The summed E-state index contributed by atoms with van der Waals surface area (Å²) in [6, 6.07) is 0.0563. The van der Waals surface area contributed by atoms with E-state index in [0.29, 0.717) is 0 Å². The summed E-state index contributed by atoms with van der Waals surface area (Å²) in [6.45, 7) is -5.27. The summed E-state index contributed by atoms with van der Waals surface area (Å²) in [5.74, 6) is -14.8. The highest BCUT2D eigenvalue weighted by molar-refractivity contribution is 6.02. The van der Waals surface area contributed by atoms with Crippen LogP contribution in [0.3, 0.4) is 0 Å². The molecule has 3 aliphatic rings. The Labute approximate surface area is 392 Å². The van der Waals surface area contributed by atoms with E-state index in [-0.39, 0.29) is 11.1 Å². The molecule has 28 nitrogen and oxygen atoms in total. The van der Waals surface area contributed by atoms with Crippen molar-refractivity contribution in [1.29, 1.82) is 0 Å². The first-order chi connectivity index (χ1) is 33.1. The third-order valence-corrected chi connectivity index (χ3v) is 11.4. The Hall–Kier alpha value is -7.12. The molecule has 0 saturated carbocycles. The molecule has 28 heteroatoms. The Balaban J connectivity index is 1.30. The largest absolute Gasteiger partial charge is 0.504 e. The molecule has 13 atom stereocenters. The number of aromatic hydroxyl groups is 6. The van der Waals surface area contributed by atoms with Crippen LogP contribution in [0, 0.1) is 0 Å². The van der Waals surface area contributed by atoms with Gasteiger partial charge in [-0.15, -0.1) is 0 Å². The summed E-state index contributed by atoms with van der Waals surface area (Å²) < 4.78 is 26.5. The average molecular weight is 994 g/mol. The Bertz CT molecular complexity index is 2380. The predicted molar refractivity (Wildman–Crippen MR) is 221 cm³/mol. The first-order valence-corrected chi connectivity index (χ1v) is 20.7. The molecule has 3 saturated heterocycles. The zero-order valence-corrected chi connectivity index (χ0v) is 35.8. The van der Waals surface area contributed by atoms with Crippen molar-refractivity contribution in [3.05, 3.63) is 70.3 Å². The molecule has 380 valence electrons. The molecular formula is C42H47N3O25. The third kappa shape index (κ3) is 10.8. The number of cyclic esters (lactones) is 3. The number of ether oxygens (including phenoxy) is 5. The molecule has 0 aromatic heterocycles. The van der Waals surface area contributed by atoms with E-state index in [1.165, 1.54) is 0 Å². The summed E-state index contributed by atoms with van der Waals surface area (Å²) in [6.07, 6.45) is -17.6. The number of phenolic OH excluding ortho intramolecular Hbond substituents is 6. The van der Waals surface area contributed by atoms with E-state index in [2.05, 4.69) is 16.0 Å². The standard InChI is InChI=1S/C42H47N3O25/c46-8-24-29(54)31(56)33(58)35(69-24)13-4-16(27(52)22(49)6-13)38(61)44-19-11-67-40(63)18(43-37(60)15-2-1-3-21(48)26(15)51)10-66-41(64)20(12-68-42(19)65)45-39(62)17-5-14(7-23(50)28(17)53)36-34(59)32(57)30(55)25(9-47)70-36/h1-7,18-20,24-25,29-36,46-59H,8-12H2,(H,43,60)(H,44,61)(H,45,62)/t18?,19?,20?,24-,25-,29-,30-,31+,32+,33-,34-,35+,36+/m1/s1. The van der Waals surface area contributed by atoms with E-state index in [1.54, 1.807) is 0 Å². The fourth-order valence-electron chi connectivity index (χ4n) is 7.44. The van der Waals surface area contributed by atoms with Gasteiger partial charge in [0.1, 0.15) is 80.9 Å². The van der Waals surface area contributed by atoms with E-state index in [4.69, 9.17) is 23.7 Å². The van der Waals surface area contributed by atoms with E-state index < -0.39 is 199 Å². The van der Waals surface area contributed by atoms with Gasteiger partial charge in [-0.25, -0.2) is 14.4 Å². The third-order valence-electron chi connectivity index (χ3n) is 11.4. The number of rotatable bonds is 10. The number of phenols is 6. The molecule has 0 bridgehead atoms. The normalized spacial score (nSPS) is 29.8. The minimum absolute atomic E-state index is 0.323. The average Bonchev–Trinajstić information content (AvgIpc) is 3.33. The summed E-state index contributed by atoms with van der Waals surface area (Å²) >= 11 is 0. The molecule has 70 heavy (non-hydrogen) atoms. The van der Waals surface area contributed by atoms with Crippen LogP contribution >= 0.6 is 0 Å². The van der Waals surface area contributed by atoms with Gasteiger partial charge in [0.05, 0.1) is 29.9 Å². The maximum Gasteiger partial charge on any atom is 0.332 e. The molecule has 17 N–H and O–H groups in total. The number of carbonyl (C=O) groups excluding carboxylic acids is 6. The van der Waals surface area contributed by atoms with Gasteiger partial charge in [-0.2, -0.15) is 0 Å². The minimum Gasteiger partial charge on any atom is -0.504 e. The molecule has 0 spiro atoms. The van der Waals surface area contributed by atoms with Gasteiger partial charge in [0, 0.05) is 0 Å². The second kappa shape index (κ2) is 21.7. The molecule has 6 rings (SSSR count). The highest BCUT2D eigenvalue weighted by atomic mass is 16.6. The molecular weight excluding hydrogens is 946 g/mol. The molecule has 3 aliphatic heterocycles. The van der Waals surface area contributed by atoms with E-state index in [1.807, 2.05) is 0 Å². The van der Waals surface area contributed by atoms with Crippen LogP contribution in [-0.2, 0) is 38.1 Å². The van der Waals surface area contributed by atoms with Crippen molar-refractivity contribution < 1.29 is 124 Å². The van der Waals surface area contributed by atoms with Gasteiger partial charge >= 0.3 is 17.9 Å². The maximum absolute atomic E-state index is 13.8. The molecule has 3 fully saturated rings. The fourth-order valence-corrected chi connectivity index (χ4v) is 7.44. The highest BCUT2D eigenvalue weighted by Crippen LogP contribution is 2.40. The van der Waals surface area contributed by atoms with Crippen molar-refractivity contribution in [2.24, 2.45) is 0 Å². The Morgan fingerprint density at radius 3 is 1.17 bits per heavy atom. The lowest BCUT2D eigenvalue weighted by Crippen LogP contribution is -2.55. The molecule has 0 aliphatic carbocycles. The zero-order valence-electron chi connectivity index (χ0n) is 35.8. The van der Waals surface area contributed by atoms with Crippen molar-refractivity contribution >= 4 is 35.6 Å². The first-order valence-electron chi connectivity index (χ1n) is 20.7. The van der Waals surface area contributed by atoms with Crippen LogP contribution in [0.2, 0.25) is 0 Å². The Morgan fingerprint density at radius 2 is 0.814 bits per heavy atom. The SMILES string of the molecule is O=C(NC1COC(=O)C(NC(=O)c2cc([C@@H]3O[C@H](CO)[C@@H](O)[C@H](O)[C@H]3O)cc(O)c2O)COC(=O)C(NC(=O)c2cc([C@@H]3O[C@H](CO)[C@@H](O)[C@H](O)[C@H]3O)cc(O)c2O)COC1=O)c1cccc(O)c1O. The van der Waals surface area contributed by atoms with Gasteiger partial charge in [-0.1, -0.05) is 6.07 Å². The van der Waals surface area contributed by atoms with Crippen LogP contribution in [0.5, 0.6) is 34.5 Å². The lowest BCUT2D eigenvalue weighted by atomic mass is 9.90. The second-order valence-electron chi connectivity index (χ2n) is 16.0. The number of esters is 3. The Kier molecular flexibility index (Phi) is 16.2. The van der Waals surface area contributed by atoms with Crippen molar-refractivity contribution in [3.63, 3.8) is 0 Å². The van der Waals surface area contributed by atoms with Gasteiger partial charge in [0.25, 0.3) is 17.7 Å². The molecule has 0 radical (unpaired) electrons. The minimum atomic E-state index is -2.15. The van der Waals surface area contributed by atoms with Crippen LogP contribution < -0.4 is 16.0 Å². The van der Waals surface area contributed by atoms with Crippen LogP contribution in [0.25, 0.3) is 0 Å². The van der Waals surface area contributed by atoms with Crippen molar-refractivity contribution in [3.8, 4) is 34.5 Å². The number of nitrogens with one attached hydrogen (secondary N) is 3. The quantitative estimate of drug-likeness (QED) is 0.0511. The van der Waals surface area contributed by atoms with Gasteiger partial charge in [0.2, 0.25) is 0 Å². The smallest absolute Gasteiger partial charge is 0.332 e. The topological polar surface area (TPSA) is 468 Å². The summed E-state index contributed by atoms with van der Waals surface area (Å²) in [5.41, 5.74) is -2.98. The van der Waals surface area contributed by atoms with Crippen molar-refractivity contribution in [1.82, 2.24) is 16.0 Å². The van der Waals surface area contributed by atoms with Crippen LogP contribution in [0.1, 0.15) is 54.4 Å². The molecule has 3 heterocycles.